The number of aryl methyl sites for hydroxylation is 2. The topological polar surface area (TPSA) is 64.7 Å². The fraction of sp³-hybridized carbons (Fsp3) is 0.462. The molecule has 1 amide bonds. The molecule has 2 aromatic heterocycles. The van der Waals surface area contributed by atoms with E-state index in [9.17, 15) is 13.6 Å². The van der Waals surface area contributed by atoms with Gasteiger partial charge in [0.25, 0.3) is 6.43 Å². The molecule has 6 nitrogen and oxygen atoms in total. The molecular formula is C13H17F2N5O. The van der Waals surface area contributed by atoms with E-state index in [-0.39, 0.29) is 18.1 Å². The van der Waals surface area contributed by atoms with Crippen LogP contribution in [-0.4, -0.2) is 25.5 Å². The van der Waals surface area contributed by atoms with Crippen molar-refractivity contribution >= 4 is 5.91 Å². The third kappa shape index (κ3) is 3.87. The zero-order valence-corrected chi connectivity index (χ0v) is 11.9. The van der Waals surface area contributed by atoms with Crippen LogP contribution in [0.1, 0.15) is 30.4 Å². The molecule has 0 saturated heterocycles. The molecule has 8 heteroatoms. The van der Waals surface area contributed by atoms with Gasteiger partial charge in [-0.2, -0.15) is 10.2 Å². The van der Waals surface area contributed by atoms with Crippen molar-refractivity contribution in [1.82, 2.24) is 24.9 Å². The molecule has 0 aliphatic heterocycles. The molecule has 2 heterocycles. The van der Waals surface area contributed by atoms with E-state index in [0.29, 0.717) is 12.2 Å². The van der Waals surface area contributed by atoms with Crippen LogP contribution in [0.25, 0.3) is 0 Å². The van der Waals surface area contributed by atoms with E-state index < -0.39 is 6.43 Å². The second-order valence-electron chi connectivity index (χ2n) is 4.61. The molecule has 1 N–H and O–H groups in total. The standard InChI is InChI=1S/C13H17F2N5O/c1-3-19-5-4-10(17-19)7-16-12(21)8-20-9(2)6-11(18-20)13(14)15/h4-6,13H,3,7-8H2,1-2H3,(H,16,21). The van der Waals surface area contributed by atoms with Crippen LogP contribution >= 0.6 is 0 Å². The van der Waals surface area contributed by atoms with Gasteiger partial charge < -0.3 is 5.32 Å². The summed E-state index contributed by atoms with van der Waals surface area (Å²) in [5.41, 5.74) is 0.952. The molecule has 0 unspecified atom stereocenters. The van der Waals surface area contributed by atoms with E-state index in [4.69, 9.17) is 0 Å². The van der Waals surface area contributed by atoms with Crippen LogP contribution in [0, 0.1) is 6.92 Å². The van der Waals surface area contributed by atoms with Crippen molar-refractivity contribution in [2.75, 3.05) is 0 Å². The Labute approximate surface area is 120 Å². The molecule has 0 saturated carbocycles. The smallest absolute Gasteiger partial charge is 0.282 e. The minimum absolute atomic E-state index is 0.0902. The minimum atomic E-state index is -2.63. The molecule has 21 heavy (non-hydrogen) atoms. The van der Waals surface area contributed by atoms with Crippen LogP contribution in [0.5, 0.6) is 0 Å². The van der Waals surface area contributed by atoms with E-state index in [0.717, 1.165) is 12.2 Å². The lowest BCUT2D eigenvalue weighted by Gasteiger charge is -2.05. The molecule has 0 aromatic carbocycles. The summed E-state index contributed by atoms with van der Waals surface area (Å²) >= 11 is 0. The number of hydrogen-bond donors (Lipinski definition) is 1. The summed E-state index contributed by atoms with van der Waals surface area (Å²) in [5, 5.41) is 10.6. The fourth-order valence-electron chi connectivity index (χ4n) is 1.86. The van der Waals surface area contributed by atoms with Gasteiger partial charge in [-0.3, -0.25) is 14.2 Å². The summed E-state index contributed by atoms with van der Waals surface area (Å²) in [6.07, 6.45) is -0.806. The number of carbonyl (C=O) groups is 1. The summed E-state index contributed by atoms with van der Waals surface area (Å²) in [7, 11) is 0. The minimum Gasteiger partial charge on any atom is -0.349 e. The maximum absolute atomic E-state index is 12.5. The molecule has 0 aliphatic carbocycles. The van der Waals surface area contributed by atoms with E-state index in [1.165, 1.54) is 10.7 Å². The van der Waals surface area contributed by atoms with Crippen molar-refractivity contribution in [1.29, 1.82) is 0 Å². The van der Waals surface area contributed by atoms with Gasteiger partial charge >= 0.3 is 0 Å². The third-order valence-electron chi connectivity index (χ3n) is 3.00. The highest BCUT2D eigenvalue weighted by molar-refractivity contribution is 5.75. The van der Waals surface area contributed by atoms with Gasteiger partial charge in [0.05, 0.1) is 12.2 Å². The molecule has 0 fully saturated rings. The second kappa shape index (κ2) is 6.47. The van der Waals surface area contributed by atoms with Crippen LogP contribution in [-0.2, 0) is 24.4 Å². The number of nitrogens with one attached hydrogen (secondary N) is 1. The highest BCUT2D eigenvalue weighted by Gasteiger charge is 2.15. The highest BCUT2D eigenvalue weighted by Crippen LogP contribution is 2.17. The summed E-state index contributed by atoms with van der Waals surface area (Å²) < 4.78 is 28.1. The zero-order valence-electron chi connectivity index (χ0n) is 11.9. The van der Waals surface area contributed by atoms with Gasteiger partial charge in [0, 0.05) is 18.4 Å². The summed E-state index contributed by atoms with van der Waals surface area (Å²) in [5.74, 6) is -0.298. The van der Waals surface area contributed by atoms with Crippen molar-refractivity contribution in [2.45, 2.75) is 39.9 Å². The lowest BCUT2D eigenvalue weighted by Crippen LogP contribution is -2.28. The summed E-state index contributed by atoms with van der Waals surface area (Å²) in [6, 6.07) is 3.10. The lowest BCUT2D eigenvalue weighted by molar-refractivity contribution is -0.122. The third-order valence-corrected chi connectivity index (χ3v) is 3.00. The van der Waals surface area contributed by atoms with E-state index in [2.05, 4.69) is 15.5 Å². The lowest BCUT2D eigenvalue weighted by atomic mass is 10.4. The molecule has 2 aromatic rings. The van der Waals surface area contributed by atoms with Crippen LogP contribution in [0.3, 0.4) is 0 Å². The highest BCUT2D eigenvalue weighted by atomic mass is 19.3. The average Bonchev–Trinajstić information content (AvgIpc) is 3.04. The molecule has 2 rings (SSSR count). The Morgan fingerprint density at radius 2 is 2.19 bits per heavy atom. The van der Waals surface area contributed by atoms with Crippen LogP contribution in [0.4, 0.5) is 8.78 Å². The van der Waals surface area contributed by atoms with Crippen molar-refractivity contribution in [3.05, 3.63) is 35.4 Å². The largest absolute Gasteiger partial charge is 0.349 e. The second-order valence-corrected chi connectivity index (χ2v) is 4.61. The maximum atomic E-state index is 12.5. The molecule has 114 valence electrons. The van der Waals surface area contributed by atoms with Gasteiger partial charge in [-0.25, -0.2) is 8.78 Å². The van der Waals surface area contributed by atoms with Gasteiger partial charge in [0.1, 0.15) is 12.2 Å². The molecule has 0 aliphatic rings. The van der Waals surface area contributed by atoms with Gasteiger partial charge in [0.15, 0.2) is 0 Å². The Hall–Kier alpha value is -2.25. The first-order valence-corrected chi connectivity index (χ1v) is 6.61. The number of halogens is 2. The molecular weight excluding hydrogens is 280 g/mol. The molecule has 0 radical (unpaired) electrons. The average molecular weight is 297 g/mol. The van der Waals surface area contributed by atoms with Gasteiger partial charge in [-0.05, 0) is 26.0 Å². The van der Waals surface area contributed by atoms with Gasteiger partial charge in [0.2, 0.25) is 5.91 Å². The Morgan fingerprint density at radius 1 is 1.43 bits per heavy atom. The van der Waals surface area contributed by atoms with Crippen molar-refractivity contribution in [3.63, 3.8) is 0 Å². The Balaban J connectivity index is 1.89. The maximum Gasteiger partial charge on any atom is 0.282 e. The zero-order chi connectivity index (χ0) is 15.4. The predicted molar refractivity (Wildman–Crippen MR) is 71.7 cm³/mol. The number of alkyl halides is 2. The van der Waals surface area contributed by atoms with E-state index in [1.807, 2.05) is 19.2 Å². The number of rotatable bonds is 6. The number of nitrogens with zero attached hydrogens (tertiary/aromatic N) is 4. The van der Waals surface area contributed by atoms with E-state index >= 15 is 0 Å². The van der Waals surface area contributed by atoms with Crippen molar-refractivity contribution in [3.8, 4) is 0 Å². The number of carbonyl (C=O) groups excluding carboxylic acids is 1. The summed E-state index contributed by atoms with van der Waals surface area (Å²) in [6.45, 7) is 4.57. The predicted octanol–water partition coefficient (Wildman–Crippen LogP) is 1.66. The van der Waals surface area contributed by atoms with Crippen LogP contribution in [0.2, 0.25) is 0 Å². The number of amides is 1. The van der Waals surface area contributed by atoms with Crippen LogP contribution in [0.15, 0.2) is 18.3 Å². The molecule has 0 spiro atoms. The van der Waals surface area contributed by atoms with Crippen molar-refractivity contribution < 1.29 is 13.6 Å². The Kier molecular flexibility index (Phi) is 4.66. The quantitative estimate of drug-likeness (QED) is 0.882. The summed E-state index contributed by atoms with van der Waals surface area (Å²) in [4.78, 5) is 11.8. The molecule has 0 bridgehead atoms. The Bertz CT molecular complexity index is 620. The monoisotopic (exact) mass is 297 g/mol. The normalized spacial score (nSPS) is 11.1. The SMILES string of the molecule is CCn1ccc(CNC(=O)Cn2nc(C(F)F)cc2C)n1. The van der Waals surface area contributed by atoms with Crippen LogP contribution < -0.4 is 5.32 Å². The van der Waals surface area contributed by atoms with Gasteiger partial charge in [-0.1, -0.05) is 0 Å². The van der Waals surface area contributed by atoms with Gasteiger partial charge in [-0.15, -0.1) is 0 Å². The fourth-order valence-corrected chi connectivity index (χ4v) is 1.86. The number of hydrogen-bond acceptors (Lipinski definition) is 3. The Morgan fingerprint density at radius 3 is 2.76 bits per heavy atom. The number of aromatic nitrogens is 4. The van der Waals surface area contributed by atoms with E-state index in [1.54, 1.807) is 11.6 Å². The first kappa shape index (κ1) is 15.1. The molecule has 0 atom stereocenters. The first-order chi connectivity index (χ1) is 9.99. The van der Waals surface area contributed by atoms with Crippen molar-refractivity contribution in [2.24, 2.45) is 0 Å². The first-order valence-electron chi connectivity index (χ1n) is 6.61.